The average molecular weight is 295 g/mol. The summed E-state index contributed by atoms with van der Waals surface area (Å²) in [6.07, 6.45) is 7.00. The highest BCUT2D eigenvalue weighted by molar-refractivity contribution is 6.76. The topological polar surface area (TPSA) is 32.3 Å². The lowest BCUT2D eigenvalue weighted by Crippen LogP contribution is -2.59. The molecule has 2 saturated heterocycles. The van der Waals surface area contributed by atoms with E-state index in [1.807, 2.05) is 0 Å². The summed E-state index contributed by atoms with van der Waals surface area (Å²) in [5.41, 5.74) is -0.282. The van der Waals surface area contributed by atoms with Crippen LogP contribution in [0.3, 0.4) is 0 Å². The highest BCUT2D eigenvalue weighted by atomic mass is 28.3. The minimum Gasteiger partial charge on any atom is -0.354 e. The largest absolute Gasteiger partial charge is 0.354 e. The van der Waals surface area contributed by atoms with Crippen LogP contribution >= 0.6 is 0 Å². The van der Waals surface area contributed by atoms with Crippen molar-refractivity contribution in [3.05, 3.63) is 12.2 Å². The maximum atomic E-state index is 12.2. The van der Waals surface area contributed by atoms with Crippen LogP contribution in [0, 0.1) is 11.8 Å². The van der Waals surface area contributed by atoms with E-state index in [1.54, 1.807) is 0 Å². The van der Waals surface area contributed by atoms with Crippen molar-refractivity contribution in [1.82, 2.24) is 10.2 Å². The molecule has 0 spiro atoms. The summed E-state index contributed by atoms with van der Waals surface area (Å²) in [6, 6.07) is 1.26. The first-order valence-electron chi connectivity index (χ1n) is 7.89. The molecule has 0 aromatic rings. The van der Waals surface area contributed by atoms with E-state index in [0.29, 0.717) is 11.8 Å². The Kier molecular flexibility index (Phi) is 4.45. The van der Waals surface area contributed by atoms with Crippen LogP contribution in [0.1, 0.15) is 19.8 Å². The van der Waals surface area contributed by atoms with Crippen LogP contribution < -0.4 is 5.32 Å². The lowest BCUT2D eigenvalue weighted by molar-refractivity contribution is -0.135. The summed E-state index contributed by atoms with van der Waals surface area (Å²) in [7, 11) is 1.13. The summed E-state index contributed by atoms with van der Waals surface area (Å²) in [5.74, 6) is 1.37. The van der Waals surface area contributed by atoms with Crippen LogP contribution in [-0.2, 0) is 4.79 Å². The number of likely N-dealkylation sites (N-methyl/N-ethyl adjacent to an activating group) is 1. The summed E-state index contributed by atoms with van der Waals surface area (Å²) < 4.78 is 0. The van der Waals surface area contributed by atoms with Gasteiger partial charge in [-0.1, -0.05) is 31.8 Å². The molecule has 0 aromatic carbocycles. The molecule has 20 heavy (non-hydrogen) atoms. The molecule has 0 unspecified atom stereocenters. The van der Waals surface area contributed by atoms with Gasteiger partial charge in [0.2, 0.25) is 5.91 Å². The molecule has 3 atom stereocenters. The SMILES string of the molecule is CN1C[C@@H](C/C=C/C[Si](C)(C)C)[C@H]2CCNC(=O)[C@]21C. The van der Waals surface area contributed by atoms with E-state index >= 15 is 0 Å². The number of rotatable bonds is 4. The van der Waals surface area contributed by atoms with Gasteiger partial charge in [-0.05, 0) is 44.7 Å². The second-order valence-electron chi connectivity index (χ2n) is 7.91. The van der Waals surface area contributed by atoms with Crippen molar-refractivity contribution in [2.24, 2.45) is 11.8 Å². The zero-order valence-corrected chi connectivity index (χ0v) is 14.7. The Hall–Kier alpha value is -0.613. The fourth-order valence-corrected chi connectivity index (χ4v) is 4.61. The number of carbonyl (C=O) groups excluding carboxylic acids is 1. The number of nitrogens with one attached hydrogen (secondary N) is 1. The Labute approximate surface area is 124 Å². The van der Waals surface area contributed by atoms with Gasteiger partial charge < -0.3 is 5.32 Å². The standard InChI is InChI=1S/C16H30N2OSi/c1-16-14(9-10-17-15(16)19)13(12-18(16)2)8-6-7-11-20(3,4)5/h6-7,13-14H,8-12H2,1-5H3,(H,17,19)/b7-6+/t13-,14-,16+/m1/s1. The van der Waals surface area contributed by atoms with Crippen LogP contribution in [0.4, 0.5) is 0 Å². The molecule has 0 aliphatic carbocycles. The molecule has 2 aliphatic rings. The molecule has 3 nitrogen and oxygen atoms in total. The molecular weight excluding hydrogens is 264 g/mol. The fourth-order valence-electron chi connectivity index (χ4n) is 3.74. The van der Waals surface area contributed by atoms with E-state index in [4.69, 9.17) is 0 Å². The molecule has 0 radical (unpaired) electrons. The van der Waals surface area contributed by atoms with Gasteiger partial charge in [-0.15, -0.1) is 0 Å². The molecule has 0 aromatic heterocycles. The molecule has 114 valence electrons. The molecular formula is C16H30N2OSi. The zero-order valence-electron chi connectivity index (χ0n) is 13.7. The molecule has 1 N–H and O–H groups in total. The maximum absolute atomic E-state index is 12.2. The fraction of sp³-hybridized carbons (Fsp3) is 0.812. The van der Waals surface area contributed by atoms with E-state index in [-0.39, 0.29) is 11.4 Å². The first-order valence-corrected chi connectivity index (χ1v) is 11.6. The highest BCUT2D eigenvalue weighted by Crippen LogP contribution is 2.43. The number of hydrogen-bond acceptors (Lipinski definition) is 2. The molecule has 2 heterocycles. The van der Waals surface area contributed by atoms with Crippen LogP contribution in [0.25, 0.3) is 0 Å². The van der Waals surface area contributed by atoms with Gasteiger partial charge in [0, 0.05) is 21.2 Å². The zero-order chi connectivity index (χ0) is 15.0. The van der Waals surface area contributed by atoms with Gasteiger partial charge in [0.15, 0.2) is 0 Å². The summed E-state index contributed by atoms with van der Waals surface area (Å²) in [6.45, 7) is 11.2. The van der Waals surface area contributed by atoms with Crippen LogP contribution in [0.2, 0.25) is 25.7 Å². The quantitative estimate of drug-likeness (QED) is 0.639. The van der Waals surface area contributed by atoms with E-state index in [2.05, 4.69) is 56.0 Å². The van der Waals surface area contributed by atoms with E-state index in [0.717, 1.165) is 25.9 Å². The molecule has 0 bridgehead atoms. The number of piperidine rings is 1. The summed E-state index contributed by atoms with van der Waals surface area (Å²) in [5, 5.41) is 3.04. The number of likely N-dealkylation sites (tertiary alicyclic amines) is 1. The van der Waals surface area contributed by atoms with Gasteiger partial charge in [-0.3, -0.25) is 9.69 Å². The lowest BCUT2D eigenvalue weighted by atomic mass is 9.75. The number of carbonyl (C=O) groups is 1. The minimum atomic E-state index is -0.969. The van der Waals surface area contributed by atoms with Gasteiger partial charge in [0.05, 0.1) is 0 Å². The second kappa shape index (κ2) is 5.64. The molecule has 2 aliphatic heterocycles. The normalized spacial score (nSPS) is 35.4. The molecule has 2 fully saturated rings. The van der Waals surface area contributed by atoms with Crippen LogP contribution in [0.5, 0.6) is 0 Å². The highest BCUT2D eigenvalue weighted by Gasteiger charge is 2.54. The number of allylic oxidation sites excluding steroid dienone is 2. The first-order chi connectivity index (χ1) is 9.25. The molecule has 0 saturated carbocycles. The van der Waals surface area contributed by atoms with Crippen molar-refractivity contribution in [1.29, 1.82) is 0 Å². The Balaban J connectivity index is 1.99. The third-order valence-electron chi connectivity index (χ3n) is 5.13. The second-order valence-corrected chi connectivity index (χ2v) is 13.4. The van der Waals surface area contributed by atoms with Crippen molar-refractivity contribution < 1.29 is 4.79 Å². The van der Waals surface area contributed by atoms with Gasteiger partial charge in [-0.25, -0.2) is 0 Å². The molecule has 2 rings (SSSR count). The molecule has 1 amide bonds. The minimum absolute atomic E-state index is 0.227. The van der Waals surface area contributed by atoms with Crippen LogP contribution in [0.15, 0.2) is 12.2 Å². The number of hydrogen-bond donors (Lipinski definition) is 1. The van der Waals surface area contributed by atoms with Crippen molar-refractivity contribution in [3.63, 3.8) is 0 Å². The Morgan fingerprint density at radius 2 is 2.10 bits per heavy atom. The van der Waals surface area contributed by atoms with Gasteiger partial charge >= 0.3 is 0 Å². The smallest absolute Gasteiger partial charge is 0.240 e. The van der Waals surface area contributed by atoms with Crippen molar-refractivity contribution in [3.8, 4) is 0 Å². The Morgan fingerprint density at radius 1 is 1.40 bits per heavy atom. The van der Waals surface area contributed by atoms with Crippen LogP contribution in [-0.4, -0.2) is 44.6 Å². The summed E-state index contributed by atoms with van der Waals surface area (Å²) >= 11 is 0. The first kappa shape index (κ1) is 15.8. The summed E-state index contributed by atoms with van der Waals surface area (Å²) in [4.78, 5) is 14.5. The third-order valence-corrected chi connectivity index (χ3v) is 6.59. The Bertz CT molecular complexity index is 402. The van der Waals surface area contributed by atoms with E-state index in [9.17, 15) is 4.79 Å². The number of nitrogens with zero attached hydrogens (tertiary/aromatic N) is 1. The number of fused-ring (bicyclic) bond motifs is 1. The number of amides is 1. The lowest BCUT2D eigenvalue weighted by Gasteiger charge is -2.40. The Morgan fingerprint density at radius 3 is 2.75 bits per heavy atom. The average Bonchev–Trinajstić information content (AvgIpc) is 2.59. The van der Waals surface area contributed by atoms with Gasteiger partial charge in [-0.2, -0.15) is 0 Å². The monoisotopic (exact) mass is 294 g/mol. The third kappa shape index (κ3) is 3.01. The van der Waals surface area contributed by atoms with Crippen molar-refractivity contribution in [2.45, 2.75) is 51.0 Å². The van der Waals surface area contributed by atoms with Crippen molar-refractivity contribution in [2.75, 3.05) is 20.1 Å². The van der Waals surface area contributed by atoms with E-state index < -0.39 is 8.07 Å². The van der Waals surface area contributed by atoms with Crippen molar-refractivity contribution >= 4 is 14.0 Å². The molecule has 4 heteroatoms. The van der Waals surface area contributed by atoms with Gasteiger partial charge in [0.25, 0.3) is 0 Å². The predicted molar refractivity (Wildman–Crippen MR) is 87.6 cm³/mol. The predicted octanol–water partition coefficient (Wildman–Crippen LogP) is 2.73. The van der Waals surface area contributed by atoms with E-state index in [1.165, 1.54) is 6.04 Å². The maximum Gasteiger partial charge on any atom is 0.240 e. The van der Waals surface area contributed by atoms with Gasteiger partial charge in [0.1, 0.15) is 5.54 Å².